The molecule has 0 radical (unpaired) electrons. The molecular weight excluding hydrogens is 527 g/mol. The zero-order valence-corrected chi connectivity index (χ0v) is 22.3. The van der Waals surface area contributed by atoms with Gasteiger partial charge in [0.05, 0.1) is 17.2 Å². The maximum atomic E-state index is 13.5. The lowest BCUT2D eigenvalue weighted by Crippen LogP contribution is -2.41. The summed E-state index contributed by atoms with van der Waals surface area (Å²) < 4.78 is 33.8. The molecule has 3 rings (SSSR count). The van der Waals surface area contributed by atoms with Crippen molar-refractivity contribution in [1.29, 1.82) is 0 Å². The zero-order chi connectivity index (χ0) is 25.3. The molecule has 0 heterocycles. The number of ether oxygens (including phenoxy) is 1. The van der Waals surface area contributed by atoms with Gasteiger partial charge in [-0.15, -0.1) is 0 Å². The summed E-state index contributed by atoms with van der Waals surface area (Å²) in [6, 6.07) is 20.2. The van der Waals surface area contributed by atoms with Crippen LogP contribution in [0, 0.1) is 0 Å². The maximum absolute atomic E-state index is 13.5. The van der Waals surface area contributed by atoms with Crippen molar-refractivity contribution in [3.05, 3.63) is 88.4 Å². The summed E-state index contributed by atoms with van der Waals surface area (Å²) in [7, 11) is -4.07. The number of benzene rings is 3. The van der Waals surface area contributed by atoms with Gasteiger partial charge in [0.1, 0.15) is 12.3 Å². The molecule has 1 N–H and O–H groups in total. The maximum Gasteiger partial charge on any atom is 0.264 e. The average molecular weight is 554 g/mol. The van der Waals surface area contributed by atoms with E-state index >= 15 is 0 Å². The Morgan fingerprint density at radius 2 is 1.74 bits per heavy atom. The van der Waals surface area contributed by atoms with E-state index in [2.05, 4.69) is 5.32 Å². The molecule has 6 nitrogen and oxygen atoms in total. The number of para-hydroxylation sites is 2. The highest BCUT2D eigenvalue weighted by atomic mass is 35.5. The molecule has 3 aromatic rings. The van der Waals surface area contributed by atoms with Gasteiger partial charge in [-0.1, -0.05) is 47.5 Å². The van der Waals surface area contributed by atoms with Crippen LogP contribution in [0.15, 0.2) is 77.7 Å². The molecule has 35 heavy (non-hydrogen) atoms. The minimum atomic E-state index is -4.07. The predicted molar refractivity (Wildman–Crippen MR) is 144 cm³/mol. The fourth-order valence-electron chi connectivity index (χ4n) is 3.24. The molecule has 0 saturated heterocycles. The second kappa shape index (κ2) is 13.1. The molecule has 0 saturated carbocycles. The second-order valence-electron chi connectivity index (χ2n) is 7.40. The topological polar surface area (TPSA) is 75.7 Å². The Kier molecular flexibility index (Phi) is 10.2. The van der Waals surface area contributed by atoms with Crippen LogP contribution in [0.5, 0.6) is 5.75 Å². The van der Waals surface area contributed by atoms with E-state index in [0.29, 0.717) is 34.7 Å². The molecule has 186 valence electrons. The zero-order valence-electron chi connectivity index (χ0n) is 19.1. The van der Waals surface area contributed by atoms with Crippen LogP contribution in [0.4, 0.5) is 5.69 Å². The van der Waals surface area contributed by atoms with Crippen LogP contribution >= 0.6 is 35.0 Å². The van der Waals surface area contributed by atoms with Crippen LogP contribution in [0.25, 0.3) is 0 Å². The quantitative estimate of drug-likeness (QED) is 0.294. The van der Waals surface area contributed by atoms with Gasteiger partial charge in [0.2, 0.25) is 5.91 Å². The van der Waals surface area contributed by atoms with Crippen molar-refractivity contribution in [2.24, 2.45) is 0 Å². The van der Waals surface area contributed by atoms with Gasteiger partial charge in [0.25, 0.3) is 10.0 Å². The van der Waals surface area contributed by atoms with Gasteiger partial charge in [-0.2, -0.15) is 11.8 Å². The van der Waals surface area contributed by atoms with Crippen molar-refractivity contribution in [2.75, 3.05) is 29.8 Å². The first-order valence-corrected chi connectivity index (χ1v) is 14.3. The minimum absolute atomic E-state index is 0.0260. The van der Waals surface area contributed by atoms with Crippen LogP contribution in [-0.4, -0.2) is 39.8 Å². The Labute approximate surface area is 220 Å². The lowest BCUT2D eigenvalue weighted by molar-refractivity contribution is -0.119. The third-order valence-corrected chi connectivity index (χ3v) is 8.14. The normalized spacial score (nSPS) is 11.2. The summed E-state index contributed by atoms with van der Waals surface area (Å²) in [4.78, 5) is 12.8. The molecule has 10 heteroatoms. The summed E-state index contributed by atoms with van der Waals surface area (Å²) in [5, 5.41) is 3.91. The van der Waals surface area contributed by atoms with E-state index in [-0.39, 0.29) is 10.6 Å². The van der Waals surface area contributed by atoms with E-state index in [4.69, 9.17) is 27.9 Å². The molecule has 0 unspecified atom stereocenters. The number of halogens is 2. The average Bonchev–Trinajstić information content (AvgIpc) is 2.83. The first kappa shape index (κ1) is 27.2. The predicted octanol–water partition coefficient (Wildman–Crippen LogP) is 5.64. The SMILES string of the molecule is CCOc1ccccc1N(CC(=O)NCCSCc1cccc(Cl)c1)S(=O)(=O)c1ccc(Cl)cc1. The Balaban J connectivity index is 1.71. The Bertz CT molecular complexity index is 1240. The fourth-order valence-corrected chi connectivity index (χ4v) is 5.82. The summed E-state index contributed by atoms with van der Waals surface area (Å²) in [5.41, 5.74) is 1.39. The number of rotatable bonds is 12. The first-order chi connectivity index (χ1) is 16.8. The van der Waals surface area contributed by atoms with E-state index in [1.807, 2.05) is 31.2 Å². The number of carbonyl (C=O) groups is 1. The van der Waals surface area contributed by atoms with Crippen molar-refractivity contribution in [3.63, 3.8) is 0 Å². The van der Waals surface area contributed by atoms with Crippen molar-refractivity contribution in [2.45, 2.75) is 17.6 Å². The lowest BCUT2D eigenvalue weighted by Gasteiger charge is -2.26. The van der Waals surface area contributed by atoms with Crippen molar-refractivity contribution in [3.8, 4) is 5.75 Å². The van der Waals surface area contributed by atoms with Gasteiger partial charge in [-0.05, 0) is 61.0 Å². The van der Waals surface area contributed by atoms with Gasteiger partial charge < -0.3 is 10.1 Å². The van der Waals surface area contributed by atoms with Gasteiger partial charge in [0.15, 0.2) is 0 Å². The Hall–Kier alpha value is -2.39. The standard InChI is InChI=1S/C25H26Cl2N2O4S2/c1-2-33-24-9-4-3-8-23(24)29(35(31,32)22-12-10-20(26)11-13-22)17-25(30)28-14-15-34-18-19-6-5-7-21(27)16-19/h3-13,16H,2,14-15,17-18H2,1H3,(H,28,30). The number of anilines is 1. The fraction of sp³-hybridized carbons (Fsp3) is 0.240. The molecule has 0 spiro atoms. The Morgan fingerprint density at radius 3 is 2.46 bits per heavy atom. The van der Waals surface area contributed by atoms with Gasteiger partial charge in [-0.25, -0.2) is 8.42 Å². The molecule has 0 aromatic heterocycles. The van der Waals surface area contributed by atoms with Gasteiger partial charge >= 0.3 is 0 Å². The minimum Gasteiger partial charge on any atom is -0.492 e. The third-order valence-electron chi connectivity index (χ3n) is 4.85. The molecule has 0 aliphatic carbocycles. The number of thioether (sulfide) groups is 1. The molecular formula is C25H26Cl2N2O4S2. The number of sulfonamides is 1. The van der Waals surface area contributed by atoms with Crippen molar-refractivity contribution < 1.29 is 17.9 Å². The summed E-state index contributed by atoms with van der Waals surface area (Å²) in [6.45, 7) is 2.16. The molecule has 1 amide bonds. The number of hydrogen-bond acceptors (Lipinski definition) is 5. The van der Waals surface area contributed by atoms with Crippen LogP contribution in [0.2, 0.25) is 10.0 Å². The smallest absolute Gasteiger partial charge is 0.264 e. The van der Waals surface area contributed by atoms with Crippen LogP contribution in [0.1, 0.15) is 12.5 Å². The van der Waals surface area contributed by atoms with Gasteiger partial charge in [0, 0.05) is 28.1 Å². The van der Waals surface area contributed by atoms with Gasteiger partial charge in [-0.3, -0.25) is 9.10 Å². The van der Waals surface area contributed by atoms with E-state index in [1.165, 1.54) is 24.3 Å². The second-order valence-corrected chi connectivity index (χ2v) is 11.2. The molecule has 0 bridgehead atoms. The molecule has 0 aliphatic heterocycles. The highest BCUT2D eigenvalue weighted by Crippen LogP contribution is 2.32. The molecule has 0 aliphatic rings. The van der Waals surface area contributed by atoms with E-state index in [1.54, 1.807) is 36.0 Å². The number of nitrogens with one attached hydrogen (secondary N) is 1. The lowest BCUT2D eigenvalue weighted by atomic mass is 10.2. The summed E-state index contributed by atoms with van der Waals surface area (Å²) in [6.07, 6.45) is 0. The van der Waals surface area contributed by atoms with E-state index < -0.39 is 22.5 Å². The first-order valence-electron chi connectivity index (χ1n) is 10.9. The highest BCUT2D eigenvalue weighted by Gasteiger charge is 2.29. The highest BCUT2D eigenvalue weighted by molar-refractivity contribution is 7.98. The van der Waals surface area contributed by atoms with Crippen LogP contribution < -0.4 is 14.4 Å². The molecule has 3 aromatic carbocycles. The number of hydrogen-bond donors (Lipinski definition) is 1. The number of nitrogens with zero attached hydrogens (tertiary/aromatic N) is 1. The Morgan fingerprint density at radius 1 is 1.00 bits per heavy atom. The summed E-state index contributed by atoms with van der Waals surface area (Å²) >= 11 is 13.6. The monoisotopic (exact) mass is 552 g/mol. The summed E-state index contributed by atoms with van der Waals surface area (Å²) in [5.74, 6) is 1.38. The molecule has 0 atom stereocenters. The van der Waals surface area contributed by atoms with Crippen molar-refractivity contribution in [1.82, 2.24) is 5.32 Å². The van der Waals surface area contributed by atoms with Crippen molar-refractivity contribution >= 4 is 56.6 Å². The van der Waals surface area contributed by atoms with Crippen LogP contribution in [-0.2, 0) is 20.6 Å². The largest absolute Gasteiger partial charge is 0.492 e. The van der Waals surface area contributed by atoms with E-state index in [0.717, 1.165) is 15.6 Å². The third kappa shape index (κ3) is 7.80. The number of carbonyl (C=O) groups excluding carboxylic acids is 1. The van der Waals surface area contributed by atoms with E-state index in [9.17, 15) is 13.2 Å². The molecule has 0 fully saturated rings. The number of amides is 1. The van der Waals surface area contributed by atoms with Crippen LogP contribution in [0.3, 0.4) is 0 Å².